The van der Waals surface area contributed by atoms with Crippen LogP contribution in [0.5, 0.6) is 0 Å². The van der Waals surface area contributed by atoms with Gasteiger partial charge in [-0.2, -0.15) is 0 Å². The number of aliphatic hydroxyl groups is 1. The maximum Gasteiger partial charge on any atom is 0.305 e. The van der Waals surface area contributed by atoms with Crippen LogP contribution >= 0.6 is 0 Å². The van der Waals surface area contributed by atoms with Crippen molar-refractivity contribution in [2.45, 2.75) is 18.7 Å². The van der Waals surface area contributed by atoms with E-state index in [9.17, 15) is 19.8 Å². The van der Waals surface area contributed by atoms with E-state index in [-0.39, 0.29) is 12.3 Å². The van der Waals surface area contributed by atoms with Crippen LogP contribution < -0.4 is 0 Å². The summed E-state index contributed by atoms with van der Waals surface area (Å²) in [6, 6.07) is 15.0. The average molecular weight is 297 g/mol. The van der Waals surface area contributed by atoms with Crippen LogP contribution in [0.4, 0.5) is 0 Å². The molecule has 3 rings (SSSR count). The number of hydrogen-bond acceptors (Lipinski definition) is 3. The van der Waals surface area contributed by atoms with Crippen LogP contribution in [0, 0.1) is 0 Å². The number of aliphatic carboxylic acids is 1. The maximum absolute atomic E-state index is 12.6. The molecule has 22 heavy (non-hydrogen) atoms. The minimum absolute atomic E-state index is 0.263. The molecule has 1 aliphatic rings. The van der Waals surface area contributed by atoms with Crippen molar-refractivity contribution in [3.8, 4) is 0 Å². The minimum atomic E-state index is -1.13. The Morgan fingerprint density at radius 2 is 1.73 bits per heavy atom. The Kier molecular flexibility index (Phi) is 3.65. The Labute approximate surface area is 127 Å². The molecule has 2 atom stereocenters. The summed E-state index contributed by atoms with van der Waals surface area (Å²) in [5.74, 6) is -1.37. The number of carboxylic acids is 1. The lowest BCUT2D eigenvalue weighted by molar-refractivity contribution is -0.139. The third kappa shape index (κ3) is 2.35. The zero-order chi connectivity index (χ0) is 15.7. The van der Waals surface area contributed by atoms with Crippen molar-refractivity contribution in [3.05, 3.63) is 71.3 Å². The van der Waals surface area contributed by atoms with Gasteiger partial charge >= 0.3 is 5.97 Å². The summed E-state index contributed by atoms with van der Waals surface area (Å²) in [5, 5.41) is 19.6. The van der Waals surface area contributed by atoms with Gasteiger partial charge in [0.25, 0.3) is 5.91 Å². The zero-order valence-electron chi connectivity index (χ0n) is 11.7. The van der Waals surface area contributed by atoms with Gasteiger partial charge in [-0.05, 0) is 11.6 Å². The molecule has 2 aromatic carbocycles. The van der Waals surface area contributed by atoms with E-state index in [1.165, 1.54) is 4.90 Å². The summed E-state index contributed by atoms with van der Waals surface area (Å²) >= 11 is 0. The van der Waals surface area contributed by atoms with Crippen LogP contribution in [-0.2, 0) is 4.79 Å². The van der Waals surface area contributed by atoms with E-state index in [2.05, 4.69) is 0 Å². The molecule has 112 valence electrons. The second-order valence-electron chi connectivity index (χ2n) is 5.20. The molecular formula is C17H15NO4. The van der Waals surface area contributed by atoms with E-state index in [4.69, 9.17) is 0 Å². The fourth-order valence-electron chi connectivity index (χ4n) is 2.85. The van der Waals surface area contributed by atoms with Gasteiger partial charge < -0.3 is 15.1 Å². The number of benzene rings is 2. The van der Waals surface area contributed by atoms with Crippen LogP contribution in [-0.4, -0.2) is 27.0 Å². The molecule has 0 saturated heterocycles. The Balaban J connectivity index is 2.03. The molecule has 1 amide bonds. The molecule has 2 aromatic rings. The molecule has 0 spiro atoms. The summed E-state index contributed by atoms with van der Waals surface area (Å²) in [5.41, 5.74) is 1.62. The highest BCUT2D eigenvalue weighted by Gasteiger charge is 2.40. The van der Waals surface area contributed by atoms with Crippen LogP contribution in [0.3, 0.4) is 0 Å². The summed E-state index contributed by atoms with van der Waals surface area (Å²) in [6.45, 7) is 0. The summed E-state index contributed by atoms with van der Waals surface area (Å²) in [7, 11) is 0. The van der Waals surface area contributed by atoms with Crippen molar-refractivity contribution in [2.24, 2.45) is 0 Å². The second kappa shape index (κ2) is 5.61. The predicted molar refractivity (Wildman–Crippen MR) is 79.0 cm³/mol. The molecule has 1 heterocycles. The number of carbonyl (C=O) groups excluding carboxylic acids is 1. The van der Waals surface area contributed by atoms with E-state index in [0.29, 0.717) is 16.7 Å². The standard InChI is InChI=1S/C17H15NO4/c19-15(20)10-14(11-6-2-1-3-7-11)18-16(21)12-8-4-5-9-13(12)17(18)22/h1-9,14,16,21H,10H2,(H,19,20). The van der Waals surface area contributed by atoms with Crippen molar-refractivity contribution in [3.63, 3.8) is 0 Å². The molecule has 0 bridgehead atoms. The normalized spacial score (nSPS) is 18.1. The van der Waals surface area contributed by atoms with Crippen molar-refractivity contribution >= 4 is 11.9 Å². The molecule has 0 aromatic heterocycles. The Morgan fingerprint density at radius 1 is 1.09 bits per heavy atom. The zero-order valence-corrected chi connectivity index (χ0v) is 11.7. The fourth-order valence-corrected chi connectivity index (χ4v) is 2.85. The van der Waals surface area contributed by atoms with E-state index >= 15 is 0 Å². The van der Waals surface area contributed by atoms with Crippen molar-refractivity contribution in [2.75, 3.05) is 0 Å². The number of nitrogens with zero attached hydrogens (tertiary/aromatic N) is 1. The first kappa shape index (κ1) is 14.3. The van der Waals surface area contributed by atoms with E-state index in [0.717, 1.165) is 0 Å². The fraction of sp³-hybridized carbons (Fsp3) is 0.176. The van der Waals surface area contributed by atoms with Crippen molar-refractivity contribution in [1.29, 1.82) is 0 Å². The van der Waals surface area contributed by atoms with E-state index < -0.39 is 18.2 Å². The highest BCUT2D eigenvalue weighted by atomic mass is 16.4. The van der Waals surface area contributed by atoms with Crippen LogP contribution in [0.15, 0.2) is 54.6 Å². The van der Waals surface area contributed by atoms with Crippen molar-refractivity contribution in [1.82, 2.24) is 4.90 Å². The first-order valence-electron chi connectivity index (χ1n) is 6.96. The van der Waals surface area contributed by atoms with Crippen LogP contribution in [0.1, 0.15) is 40.2 Å². The predicted octanol–water partition coefficient (Wildman–Crippen LogP) is 2.35. The Morgan fingerprint density at radius 3 is 2.36 bits per heavy atom. The third-order valence-corrected chi connectivity index (χ3v) is 3.86. The van der Waals surface area contributed by atoms with Gasteiger partial charge in [0, 0.05) is 11.1 Å². The third-order valence-electron chi connectivity index (χ3n) is 3.86. The number of carbonyl (C=O) groups is 2. The van der Waals surface area contributed by atoms with E-state index in [1.807, 2.05) is 6.07 Å². The molecule has 2 unspecified atom stereocenters. The molecule has 5 nitrogen and oxygen atoms in total. The van der Waals surface area contributed by atoms with Crippen LogP contribution in [0.25, 0.3) is 0 Å². The number of hydrogen-bond donors (Lipinski definition) is 2. The van der Waals surface area contributed by atoms with Gasteiger partial charge in [0.15, 0.2) is 6.23 Å². The summed E-state index contributed by atoms with van der Waals surface area (Å²) in [6.07, 6.45) is -1.39. The van der Waals surface area contributed by atoms with Gasteiger partial charge in [0.05, 0.1) is 12.5 Å². The summed E-state index contributed by atoms with van der Waals surface area (Å²) < 4.78 is 0. The smallest absolute Gasteiger partial charge is 0.305 e. The highest BCUT2D eigenvalue weighted by Crippen LogP contribution is 2.39. The number of amides is 1. The number of carboxylic acid groups (broad SMARTS) is 1. The maximum atomic E-state index is 12.6. The molecule has 2 N–H and O–H groups in total. The van der Waals surface area contributed by atoms with Crippen LogP contribution in [0.2, 0.25) is 0 Å². The minimum Gasteiger partial charge on any atom is -0.481 e. The first-order chi connectivity index (χ1) is 10.6. The molecule has 1 aliphatic heterocycles. The molecule has 0 aliphatic carbocycles. The van der Waals surface area contributed by atoms with Gasteiger partial charge in [-0.1, -0.05) is 48.5 Å². The second-order valence-corrected chi connectivity index (χ2v) is 5.20. The molecular weight excluding hydrogens is 282 g/mol. The topological polar surface area (TPSA) is 77.8 Å². The number of aliphatic hydroxyl groups excluding tert-OH is 1. The van der Waals surface area contributed by atoms with Crippen molar-refractivity contribution < 1.29 is 19.8 Å². The van der Waals surface area contributed by atoms with E-state index in [1.54, 1.807) is 48.5 Å². The molecule has 0 radical (unpaired) electrons. The first-order valence-corrected chi connectivity index (χ1v) is 6.96. The Hall–Kier alpha value is -2.66. The largest absolute Gasteiger partial charge is 0.481 e. The lowest BCUT2D eigenvalue weighted by Gasteiger charge is -2.30. The lowest BCUT2D eigenvalue weighted by Crippen LogP contribution is -2.33. The van der Waals surface area contributed by atoms with Gasteiger partial charge in [0.2, 0.25) is 0 Å². The number of fused-ring (bicyclic) bond motifs is 1. The number of rotatable bonds is 4. The summed E-state index contributed by atoms with van der Waals surface area (Å²) in [4.78, 5) is 25.0. The molecule has 0 saturated carbocycles. The van der Waals surface area contributed by atoms with Gasteiger partial charge in [0.1, 0.15) is 0 Å². The molecule has 0 fully saturated rings. The lowest BCUT2D eigenvalue weighted by atomic mass is 10.0. The van der Waals surface area contributed by atoms with Gasteiger partial charge in [-0.25, -0.2) is 0 Å². The Bertz CT molecular complexity index is 714. The SMILES string of the molecule is O=C(O)CC(c1ccccc1)N1C(=O)c2ccccc2C1O. The van der Waals surface area contributed by atoms with Gasteiger partial charge in [-0.15, -0.1) is 0 Å². The average Bonchev–Trinajstić information content (AvgIpc) is 2.78. The van der Waals surface area contributed by atoms with Gasteiger partial charge in [-0.3, -0.25) is 9.59 Å². The highest BCUT2D eigenvalue weighted by molar-refractivity contribution is 5.99. The quantitative estimate of drug-likeness (QED) is 0.908. The molecule has 5 heteroatoms. The monoisotopic (exact) mass is 297 g/mol.